The lowest BCUT2D eigenvalue weighted by molar-refractivity contribution is -0.137. The van der Waals surface area contributed by atoms with Gasteiger partial charge in [0.2, 0.25) is 0 Å². The quantitative estimate of drug-likeness (QED) is 0.533. The second kappa shape index (κ2) is 10.3. The molecule has 0 N–H and O–H groups in total. The molecule has 0 radical (unpaired) electrons. The van der Waals surface area contributed by atoms with Crippen molar-refractivity contribution in [3.05, 3.63) is 29.8 Å². The van der Waals surface area contributed by atoms with E-state index in [0.29, 0.717) is 32.1 Å². The summed E-state index contributed by atoms with van der Waals surface area (Å²) in [4.78, 5) is 2.26. The number of hydrogen-bond donors (Lipinski definition) is 0. The smallest absolute Gasteiger partial charge is 0.306 e. The van der Waals surface area contributed by atoms with Crippen LogP contribution in [-0.4, -0.2) is 30.7 Å². The molecule has 1 nitrogen and oxygen atoms in total. The second-order valence-corrected chi connectivity index (χ2v) is 9.97. The number of hydrogen-bond acceptors (Lipinski definition) is 1. The van der Waals surface area contributed by atoms with Crippen molar-refractivity contribution in [3.8, 4) is 0 Å². The number of benzene rings is 1. The molecule has 27 heavy (non-hydrogen) atoms. The predicted molar refractivity (Wildman–Crippen MR) is 111 cm³/mol. The molecule has 0 aromatic heterocycles. The van der Waals surface area contributed by atoms with Gasteiger partial charge in [0.1, 0.15) is 0 Å². The molecule has 0 aliphatic heterocycles. The zero-order valence-electron chi connectivity index (χ0n) is 17.1. The molecule has 0 saturated heterocycles. The van der Waals surface area contributed by atoms with Crippen molar-refractivity contribution in [2.45, 2.75) is 76.7 Å². The Bertz CT molecular complexity index is 544. The van der Waals surface area contributed by atoms with Gasteiger partial charge in [0.25, 0.3) is 0 Å². The van der Waals surface area contributed by atoms with Gasteiger partial charge in [-0.1, -0.05) is 59.7 Å². The fourth-order valence-electron chi connectivity index (χ4n) is 4.24. The van der Waals surface area contributed by atoms with Crippen molar-refractivity contribution in [1.29, 1.82) is 0 Å². The monoisotopic (exact) mass is 401 g/mol. The Morgan fingerprint density at radius 2 is 1.48 bits per heavy atom. The highest BCUT2D eigenvalue weighted by molar-refractivity contribution is 7.48. The summed E-state index contributed by atoms with van der Waals surface area (Å²) in [6.45, 7) is 4.54. The summed E-state index contributed by atoms with van der Waals surface area (Å²) >= 11 is 0. The van der Waals surface area contributed by atoms with E-state index in [1.165, 1.54) is 57.1 Å². The number of alkyl halides is 3. The van der Waals surface area contributed by atoms with Crippen molar-refractivity contribution >= 4 is 13.9 Å². The lowest BCUT2D eigenvalue weighted by atomic mass is 9.97. The van der Waals surface area contributed by atoms with Crippen molar-refractivity contribution in [2.24, 2.45) is 11.8 Å². The third-order valence-electron chi connectivity index (χ3n) is 6.26. The topological polar surface area (TPSA) is 3.24 Å². The SMILES string of the molecule is C1CCCC1.CC1CCC([C@@H](C)N(C)C)C1Pc1ccc(C(F)(F)F)cc1. The van der Waals surface area contributed by atoms with E-state index in [0.717, 1.165) is 5.30 Å². The molecule has 0 spiro atoms. The summed E-state index contributed by atoms with van der Waals surface area (Å²) in [5.74, 6) is 1.28. The molecule has 0 heterocycles. The van der Waals surface area contributed by atoms with Crippen LogP contribution in [-0.2, 0) is 6.18 Å². The van der Waals surface area contributed by atoms with Gasteiger partial charge < -0.3 is 4.90 Å². The van der Waals surface area contributed by atoms with E-state index in [1.54, 1.807) is 12.1 Å². The van der Waals surface area contributed by atoms with Crippen molar-refractivity contribution in [2.75, 3.05) is 14.1 Å². The molecule has 2 aliphatic carbocycles. The molecule has 5 heteroatoms. The molecular formula is C22H35F3NP. The van der Waals surface area contributed by atoms with Gasteiger partial charge in [-0.25, -0.2) is 0 Å². The molecule has 154 valence electrons. The highest BCUT2D eigenvalue weighted by Gasteiger charge is 2.37. The summed E-state index contributed by atoms with van der Waals surface area (Å²) in [5.41, 5.74) is 0.0212. The van der Waals surface area contributed by atoms with Gasteiger partial charge in [-0.05, 0) is 68.8 Å². The van der Waals surface area contributed by atoms with Crippen molar-refractivity contribution in [1.82, 2.24) is 4.90 Å². The van der Waals surface area contributed by atoms with Crippen LogP contribution in [0.25, 0.3) is 0 Å². The van der Waals surface area contributed by atoms with E-state index in [4.69, 9.17) is 0 Å². The number of halogens is 3. The maximum absolute atomic E-state index is 12.6. The third kappa shape index (κ3) is 6.75. The van der Waals surface area contributed by atoms with Gasteiger partial charge in [-0.15, -0.1) is 0 Å². The Morgan fingerprint density at radius 3 is 1.93 bits per heavy atom. The molecule has 1 aromatic rings. The molecule has 2 aliphatic rings. The maximum atomic E-state index is 12.6. The molecule has 0 amide bonds. The van der Waals surface area contributed by atoms with Gasteiger partial charge in [0.15, 0.2) is 0 Å². The van der Waals surface area contributed by atoms with Gasteiger partial charge in [-0.2, -0.15) is 13.2 Å². The van der Waals surface area contributed by atoms with E-state index in [-0.39, 0.29) is 0 Å². The lowest BCUT2D eigenvalue weighted by Gasteiger charge is -2.32. The Hall–Kier alpha value is -0.600. The third-order valence-corrected chi connectivity index (χ3v) is 8.26. The van der Waals surface area contributed by atoms with Crippen LogP contribution in [0, 0.1) is 11.8 Å². The molecule has 2 fully saturated rings. The van der Waals surface area contributed by atoms with Crippen LogP contribution in [0.2, 0.25) is 0 Å². The van der Waals surface area contributed by atoms with E-state index < -0.39 is 11.7 Å². The average Bonchev–Trinajstić information content (AvgIpc) is 3.29. The van der Waals surface area contributed by atoms with E-state index in [9.17, 15) is 13.2 Å². The molecule has 1 aromatic carbocycles. The van der Waals surface area contributed by atoms with Crippen LogP contribution in [0.4, 0.5) is 13.2 Å². The Morgan fingerprint density at radius 1 is 0.963 bits per heavy atom. The summed E-state index contributed by atoms with van der Waals surface area (Å²) in [6.07, 6.45) is 5.70. The van der Waals surface area contributed by atoms with Crippen LogP contribution < -0.4 is 5.30 Å². The first kappa shape index (κ1) is 22.7. The highest BCUT2D eigenvalue weighted by atomic mass is 31.1. The van der Waals surface area contributed by atoms with Crippen molar-refractivity contribution < 1.29 is 13.2 Å². The van der Waals surface area contributed by atoms with Crippen LogP contribution in [0.5, 0.6) is 0 Å². The zero-order chi connectivity index (χ0) is 20.0. The summed E-state index contributed by atoms with van der Waals surface area (Å²) in [6, 6.07) is 6.25. The highest BCUT2D eigenvalue weighted by Crippen LogP contribution is 2.44. The first-order valence-electron chi connectivity index (χ1n) is 10.3. The van der Waals surface area contributed by atoms with E-state index in [1.807, 2.05) is 0 Å². The minimum Gasteiger partial charge on any atom is -0.306 e. The second-order valence-electron chi connectivity index (χ2n) is 8.44. The molecule has 2 saturated carbocycles. The van der Waals surface area contributed by atoms with Crippen LogP contribution in [0.3, 0.4) is 0 Å². The van der Waals surface area contributed by atoms with Gasteiger partial charge in [0, 0.05) is 6.04 Å². The van der Waals surface area contributed by atoms with Gasteiger partial charge in [-0.3, -0.25) is 0 Å². The van der Waals surface area contributed by atoms with Crippen LogP contribution >= 0.6 is 8.58 Å². The fourth-order valence-corrected chi connectivity index (χ4v) is 6.10. The summed E-state index contributed by atoms with van der Waals surface area (Å²) < 4.78 is 37.9. The molecule has 0 bridgehead atoms. The molecular weight excluding hydrogens is 366 g/mol. The molecule has 4 unspecified atom stereocenters. The lowest BCUT2D eigenvalue weighted by Crippen LogP contribution is -2.36. The minimum absolute atomic E-state index is 0.511. The standard InChI is InChI=1S/C17H25F3NP.C5H10/c1-11-5-10-15(12(2)21(3)4)16(11)22-14-8-6-13(7-9-14)17(18,19)20;1-2-4-5-3-1/h6-9,11-12,15-16,22H,5,10H2,1-4H3;1-5H2/t11?,12-,15?,16?;/m1./s1. The number of rotatable bonds is 4. The largest absolute Gasteiger partial charge is 0.416 e. The normalized spacial score (nSPS) is 27.2. The first-order valence-corrected chi connectivity index (χ1v) is 11.4. The summed E-state index contributed by atoms with van der Waals surface area (Å²) in [7, 11) is 4.80. The van der Waals surface area contributed by atoms with Crippen LogP contribution in [0.1, 0.15) is 64.4 Å². The Kier molecular flexibility index (Phi) is 8.62. The van der Waals surface area contributed by atoms with Gasteiger partial charge in [0.05, 0.1) is 5.56 Å². The Balaban J connectivity index is 0.000000451. The average molecular weight is 401 g/mol. The molecule has 3 rings (SSSR count). The van der Waals surface area contributed by atoms with E-state index in [2.05, 4.69) is 32.8 Å². The summed E-state index contributed by atoms with van der Waals surface area (Å²) in [5, 5.41) is 1.04. The maximum Gasteiger partial charge on any atom is 0.416 e. The number of nitrogens with zero attached hydrogens (tertiary/aromatic N) is 1. The fraction of sp³-hybridized carbons (Fsp3) is 0.727. The van der Waals surface area contributed by atoms with E-state index >= 15 is 0 Å². The predicted octanol–water partition coefficient (Wildman–Crippen LogP) is 6.32. The Labute approximate surface area is 164 Å². The molecule has 5 atom stereocenters. The minimum atomic E-state index is -4.25. The van der Waals surface area contributed by atoms with Crippen molar-refractivity contribution in [3.63, 3.8) is 0 Å². The van der Waals surface area contributed by atoms with Crippen LogP contribution in [0.15, 0.2) is 24.3 Å². The van der Waals surface area contributed by atoms with Gasteiger partial charge >= 0.3 is 6.18 Å². The zero-order valence-corrected chi connectivity index (χ0v) is 18.1. The first-order chi connectivity index (χ1) is 12.7.